The van der Waals surface area contributed by atoms with E-state index in [1.165, 1.54) is 30.9 Å². The third-order valence-electron chi connectivity index (χ3n) is 9.85. The first-order valence-corrected chi connectivity index (χ1v) is 17.8. The molecule has 0 fully saturated rings. The van der Waals surface area contributed by atoms with E-state index < -0.39 is 0 Å². The predicted octanol–water partition coefficient (Wildman–Crippen LogP) is 12.2. The molecule has 0 aliphatic carbocycles. The molecular weight excluding hydrogens is 645 g/mol. The number of rotatable bonds is 4. The van der Waals surface area contributed by atoms with Crippen LogP contribution < -0.4 is 0 Å². The molecular formula is C45H26N4OS. The first kappa shape index (κ1) is 28.2. The van der Waals surface area contributed by atoms with Gasteiger partial charge >= 0.3 is 0 Å². The maximum atomic E-state index is 6.60. The summed E-state index contributed by atoms with van der Waals surface area (Å²) in [6.07, 6.45) is 0. The smallest absolute Gasteiger partial charge is 0.164 e. The number of thiophene rings is 1. The average Bonchev–Trinajstić information content (AvgIpc) is 3.87. The van der Waals surface area contributed by atoms with Crippen LogP contribution in [0.3, 0.4) is 0 Å². The molecule has 0 saturated heterocycles. The molecule has 0 amide bonds. The standard InChI is InChI=1S/C45H26N4OS/c1-3-12-27(13-4-1)43-46-44(28-14-5-2-6-15-28)48-45(47-43)29-22-24-37-34(26-29)40-38(50-37)25-23-32-30-16-7-9-19-35(30)49(41(32)40)36-20-11-18-33-31-17-8-10-21-39(31)51-42(33)36/h1-26H. The number of nitrogens with zero attached hydrogens (tertiary/aromatic N) is 4. The second-order valence-corrected chi connectivity index (χ2v) is 13.8. The average molecular weight is 671 g/mol. The van der Waals surface area contributed by atoms with Gasteiger partial charge in [0.1, 0.15) is 11.2 Å². The molecule has 7 aromatic carbocycles. The van der Waals surface area contributed by atoms with Gasteiger partial charge in [0.05, 0.1) is 26.8 Å². The topological polar surface area (TPSA) is 56.7 Å². The van der Waals surface area contributed by atoms with E-state index in [9.17, 15) is 0 Å². The number of hydrogen-bond donors (Lipinski definition) is 0. The lowest BCUT2D eigenvalue weighted by Gasteiger charge is -2.10. The SMILES string of the molecule is c1ccc(-c2nc(-c3ccccc3)nc(-c3ccc4oc5ccc6c7ccccc7n(-c7cccc8c7sc7ccccc78)c6c5c4c3)n2)cc1. The molecule has 0 radical (unpaired) electrons. The van der Waals surface area contributed by atoms with Crippen LogP contribution in [0.2, 0.25) is 0 Å². The number of furan rings is 1. The molecule has 0 unspecified atom stereocenters. The van der Waals surface area contributed by atoms with Crippen LogP contribution in [-0.2, 0) is 0 Å². The molecule has 0 N–H and O–H groups in total. The third-order valence-corrected chi connectivity index (χ3v) is 11.1. The summed E-state index contributed by atoms with van der Waals surface area (Å²) in [6.45, 7) is 0. The Bertz CT molecular complexity index is 3080. The van der Waals surface area contributed by atoms with Gasteiger partial charge in [0, 0.05) is 48.3 Å². The first-order valence-electron chi connectivity index (χ1n) is 16.9. The fourth-order valence-corrected chi connectivity index (χ4v) is 8.76. The van der Waals surface area contributed by atoms with E-state index in [4.69, 9.17) is 19.4 Å². The van der Waals surface area contributed by atoms with Crippen molar-refractivity contribution in [3.63, 3.8) is 0 Å². The molecule has 4 aromatic heterocycles. The zero-order chi connectivity index (χ0) is 33.5. The van der Waals surface area contributed by atoms with E-state index in [-0.39, 0.29) is 0 Å². The van der Waals surface area contributed by atoms with Crippen molar-refractivity contribution in [3.05, 3.63) is 158 Å². The van der Waals surface area contributed by atoms with Crippen LogP contribution in [-0.4, -0.2) is 19.5 Å². The Morgan fingerprint density at radius 1 is 0.451 bits per heavy atom. The number of fused-ring (bicyclic) bond motifs is 10. The highest BCUT2D eigenvalue weighted by Gasteiger charge is 2.22. The van der Waals surface area contributed by atoms with Crippen molar-refractivity contribution in [2.45, 2.75) is 0 Å². The predicted molar refractivity (Wildman–Crippen MR) is 211 cm³/mol. The molecule has 11 aromatic rings. The molecule has 0 saturated carbocycles. The van der Waals surface area contributed by atoms with Gasteiger partial charge in [0.25, 0.3) is 0 Å². The quantitative estimate of drug-likeness (QED) is 0.187. The maximum absolute atomic E-state index is 6.60. The largest absolute Gasteiger partial charge is 0.456 e. The summed E-state index contributed by atoms with van der Waals surface area (Å²) in [6, 6.07) is 54.8. The maximum Gasteiger partial charge on any atom is 0.164 e. The van der Waals surface area contributed by atoms with Crippen molar-refractivity contribution in [1.29, 1.82) is 0 Å². The summed E-state index contributed by atoms with van der Waals surface area (Å²) in [5.74, 6) is 1.88. The van der Waals surface area contributed by atoms with Crippen LogP contribution in [0.5, 0.6) is 0 Å². The summed E-state index contributed by atoms with van der Waals surface area (Å²) >= 11 is 1.85. The molecule has 0 bridgehead atoms. The van der Waals surface area contributed by atoms with Crippen LogP contribution in [0.15, 0.2) is 162 Å². The van der Waals surface area contributed by atoms with Crippen molar-refractivity contribution in [1.82, 2.24) is 19.5 Å². The van der Waals surface area contributed by atoms with Gasteiger partial charge in [0.15, 0.2) is 17.5 Å². The van der Waals surface area contributed by atoms with Crippen LogP contribution >= 0.6 is 11.3 Å². The number of benzene rings is 7. The molecule has 51 heavy (non-hydrogen) atoms. The normalized spacial score (nSPS) is 11.9. The van der Waals surface area contributed by atoms with E-state index >= 15 is 0 Å². The minimum Gasteiger partial charge on any atom is -0.456 e. The van der Waals surface area contributed by atoms with Gasteiger partial charge in [-0.1, -0.05) is 109 Å². The van der Waals surface area contributed by atoms with Crippen molar-refractivity contribution in [3.8, 4) is 39.9 Å². The van der Waals surface area contributed by atoms with Crippen LogP contribution in [0, 0.1) is 0 Å². The molecule has 238 valence electrons. The third kappa shape index (κ3) is 4.30. The fraction of sp³-hybridized carbons (Fsp3) is 0. The molecule has 0 atom stereocenters. The Hall–Kier alpha value is -6.63. The van der Waals surface area contributed by atoms with E-state index in [0.29, 0.717) is 17.5 Å². The Morgan fingerprint density at radius 2 is 1.08 bits per heavy atom. The summed E-state index contributed by atoms with van der Waals surface area (Å²) < 4.78 is 11.6. The number of hydrogen-bond acceptors (Lipinski definition) is 5. The summed E-state index contributed by atoms with van der Waals surface area (Å²) in [5.41, 5.74) is 7.88. The molecule has 0 aliphatic heterocycles. The van der Waals surface area contributed by atoms with Crippen LogP contribution in [0.4, 0.5) is 0 Å². The van der Waals surface area contributed by atoms with Gasteiger partial charge in [-0.3, -0.25) is 0 Å². The number of aromatic nitrogens is 4. The molecule has 0 aliphatic rings. The molecule has 6 heteroatoms. The molecule has 0 spiro atoms. The second kappa shape index (κ2) is 10.9. The second-order valence-electron chi connectivity index (χ2n) is 12.8. The lowest BCUT2D eigenvalue weighted by molar-refractivity contribution is 0.669. The van der Waals surface area contributed by atoms with Gasteiger partial charge in [-0.05, 0) is 48.5 Å². The minimum absolute atomic E-state index is 0.613. The molecule has 4 heterocycles. The van der Waals surface area contributed by atoms with Gasteiger partial charge in [0.2, 0.25) is 0 Å². The van der Waals surface area contributed by atoms with Crippen molar-refractivity contribution < 1.29 is 4.42 Å². The minimum atomic E-state index is 0.613. The van der Waals surface area contributed by atoms with Crippen molar-refractivity contribution >= 4 is 75.3 Å². The summed E-state index contributed by atoms with van der Waals surface area (Å²) in [5, 5.41) is 7.02. The van der Waals surface area contributed by atoms with E-state index in [1.807, 2.05) is 84.1 Å². The zero-order valence-corrected chi connectivity index (χ0v) is 27.9. The Morgan fingerprint density at radius 3 is 1.84 bits per heavy atom. The molecule has 11 rings (SSSR count). The lowest BCUT2D eigenvalue weighted by atomic mass is 10.1. The van der Waals surface area contributed by atoms with E-state index in [1.54, 1.807) is 0 Å². The van der Waals surface area contributed by atoms with Gasteiger partial charge in [-0.15, -0.1) is 11.3 Å². The van der Waals surface area contributed by atoms with Gasteiger partial charge in [-0.25, -0.2) is 15.0 Å². The summed E-state index contributed by atoms with van der Waals surface area (Å²) in [4.78, 5) is 15.0. The molecule has 5 nitrogen and oxygen atoms in total. The highest BCUT2D eigenvalue weighted by atomic mass is 32.1. The summed E-state index contributed by atoms with van der Waals surface area (Å²) in [7, 11) is 0. The Labute approximate surface area is 295 Å². The highest BCUT2D eigenvalue weighted by Crippen LogP contribution is 2.44. The fourth-order valence-electron chi connectivity index (χ4n) is 7.55. The first-order chi connectivity index (χ1) is 25.3. The van der Waals surface area contributed by atoms with E-state index in [0.717, 1.165) is 55.3 Å². The lowest BCUT2D eigenvalue weighted by Crippen LogP contribution is -2.00. The van der Waals surface area contributed by atoms with E-state index in [2.05, 4.69) is 89.5 Å². The monoisotopic (exact) mass is 670 g/mol. The van der Waals surface area contributed by atoms with Gasteiger partial charge < -0.3 is 8.98 Å². The Balaban J connectivity index is 1.21. The zero-order valence-electron chi connectivity index (χ0n) is 27.1. The van der Waals surface area contributed by atoms with Crippen LogP contribution in [0.1, 0.15) is 0 Å². The Kier molecular flexibility index (Phi) is 6.05. The highest BCUT2D eigenvalue weighted by molar-refractivity contribution is 7.26. The van der Waals surface area contributed by atoms with Crippen LogP contribution in [0.25, 0.3) is 104 Å². The van der Waals surface area contributed by atoms with Gasteiger partial charge in [-0.2, -0.15) is 0 Å². The number of para-hydroxylation sites is 1. The van der Waals surface area contributed by atoms with Crippen molar-refractivity contribution in [2.75, 3.05) is 0 Å². The van der Waals surface area contributed by atoms with Crippen molar-refractivity contribution in [2.24, 2.45) is 0 Å².